The van der Waals surface area contributed by atoms with E-state index in [4.69, 9.17) is 0 Å². The SMILES string of the molecule is C=CC#CC=CCBr. The summed E-state index contributed by atoms with van der Waals surface area (Å²) >= 11 is 3.22. The van der Waals surface area contributed by atoms with Gasteiger partial charge in [0.25, 0.3) is 0 Å². The monoisotopic (exact) mass is 170 g/mol. The first-order valence-corrected chi connectivity index (χ1v) is 3.37. The highest BCUT2D eigenvalue weighted by atomic mass is 79.9. The third-order valence-corrected chi connectivity index (χ3v) is 0.849. The summed E-state index contributed by atoms with van der Waals surface area (Å²) in [5.74, 6) is 5.45. The van der Waals surface area contributed by atoms with Crippen molar-refractivity contribution in [2.45, 2.75) is 0 Å². The van der Waals surface area contributed by atoms with Crippen LogP contribution in [0.4, 0.5) is 0 Å². The Morgan fingerprint density at radius 2 is 2.25 bits per heavy atom. The van der Waals surface area contributed by atoms with Gasteiger partial charge in [-0.15, -0.1) is 0 Å². The van der Waals surface area contributed by atoms with Crippen molar-refractivity contribution in [3.63, 3.8) is 0 Å². The molecule has 0 aliphatic rings. The van der Waals surface area contributed by atoms with Gasteiger partial charge in [-0.3, -0.25) is 0 Å². The molecule has 0 amide bonds. The highest BCUT2D eigenvalue weighted by molar-refractivity contribution is 9.09. The first-order chi connectivity index (χ1) is 3.91. The van der Waals surface area contributed by atoms with Gasteiger partial charge in [0.2, 0.25) is 0 Å². The fraction of sp³-hybridized carbons (Fsp3) is 0.143. The van der Waals surface area contributed by atoms with Crippen LogP contribution in [0.25, 0.3) is 0 Å². The van der Waals surface area contributed by atoms with E-state index in [1.807, 2.05) is 6.08 Å². The highest BCUT2D eigenvalue weighted by Crippen LogP contribution is 1.78. The summed E-state index contributed by atoms with van der Waals surface area (Å²) in [5, 5.41) is 0.860. The molecule has 8 heavy (non-hydrogen) atoms. The summed E-state index contributed by atoms with van der Waals surface area (Å²) < 4.78 is 0. The summed E-state index contributed by atoms with van der Waals surface area (Å²) in [7, 11) is 0. The van der Waals surface area contributed by atoms with Crippen molar-refractivity contribution >= 4 is 15.9 Å². The summed E-state index contributed by atoms with van der Waals surface area (Å²) in [6.45, 7) is 3.44. The molecule has 1 heteroatoms. The Kier molecular flexibility index (Phi) is 6.13. The van der Waals surface area contributed by atoms with E-state index in [0.717, 1.165) is 5.33 Å². The molecule has 0 aromatic heterocycles. The molecule has 42 valence electrons. The van der Waals surface area contributed by atoms with E-state index in [1.165, 1.54) is 0 Å². The van der Waals surface area contributed by atoms with Gasteiger partial charge in [-0.25, -0.2) is 0 Å². The summed E-state index contributed by atoms with van der Waals surface area (Å²) in [4.78, 5) is 0. The van der Waals surface area contributed by atoms with Crippen LogP contribution in [0.15, 0.2) is 24.8 Å². The molecule has 0 bridgehead atoms. The number of hydrogen-bond donors (Lipinski definition) is 0. The number of hydrogen-bond acceptors (Lipinski definition) is 0. The fourth-order valence-electron chi connectivity index (χ4n) is 0.211. The average molecular weight is 171 g/mol. The van der Waals surface area contributed by atoms with Gasteiger partial charge in [0.05, 0.1) is 0 Å². The van der Waals surface area contributed by atoms with Gasteiger partial charge >= 0.3 is 0 Å². The second kappa shape index (κ2) is 6.52. The van der Waals surface area contributed by atoms with Crippen LogP contribution in [0.2, 0.25) is 0 Å². The minimum absolute atomic E-state index is 0.860. The maximum Gasteiger partial charge on any atom is 0.0221 e. The van der Waals surface area contributed by atoms with Crippen molar-refractivity contribution in [1.82, 2.24) is 0 Å². The van der Waals surface area contributed by atoms with Crippen molar-refractivity contribution < 1.29 is 0 Å². The Hall–Kier alpha value is -0.480. The second-order valence-electron chi connectivity index (χ2n) is 1.05. The van der Waals surface area contributed by atoms with E-state index in [2.05, 4.69) is 34.3 Å². The minimum atomic E-state index is 0.860. The van der Waals surface area contributed by atoms with Crippen LogP contribution in [0.5, 0.6) is 0 Å². The standard InChI is InChI=1S/C7H7Br/c1-2-3-4-5-6-7-8/h2,5-6H,1,7H2. The molecule has 0 N–H and O–H groups in total. The maximum atomic E-state index is 3.44. The summed E-state index contributed by atoms with van der Waals surface area (Å²) in [6, 6.07) is 0. The molecule has 0 nitrogen and oxygen atoms in total. The number of alkyl halides is 1. The molecule has 0 heterocycles. The molecule has 0 radical (unpaired) electrons. The maximum absolute atomic E-state index is 3.44. The summed E-state index contributed by atoms with van der Waals surface area (Å²) in [6.07, 6.45) is 5.28. The molecule has 0 aliphatic carbocycles. The van der Waals surface area contributed by atoms with Gasteiger partial charge in [0, 0.05) is 5.33 Å². The van der Waals surface area contributed by atoms with Crippen molar-refractivity contribution in [1.29, 1.82) is 0 Å². The fourth-order valence-corrected chi connectivity index (χ4v) is 0.397. The van der Waals surface area contributed by atoms with Gasteiger partial charge in [0.1, 0.15) is 0 Å². The van der Waals surface area contributed by atoms with Crippen molar-refractivity contribution in [2.75, 3.05) is 5.33 Å². The van der Waals surface area contributed by atoms with Gasteiger partial charge in [-0.1, -0.05) is 40.4 Å². The lowest BCUT2D eigenvalue weighted by Gasteiger charge is -1.66. The Balaban J connectivity index is 3.40. The van der Waals surface area contributed by atoms with Crippen molar-refractivity contribution in [3.8, 4) is 11.8 Å². The van der Waals surface area contributed by atoms with E-state index in [0.29, 0.717) is 0 Å². The lowest BCUT2D eigenvalue weighted by Crippen LogP contribution is -1.54. The molecule has 0 saturated heterocycles. The van der Waals surface area contributed by atoms with Crippen molar-refractivity contribution in [3.05, 3.63) is 24.8 Å². The number of halogens is 1. The van der Waals surface area contributed by atoms with E-state index in [9.17, 15) is 0 Å². The molecule has 0 atom stereocenters. The van der Waals surface area contributed by atoms with Crippen LogP contribution in [0.3, 0.4) is 0 Å². The number of rotatable bonds is 1. The van der Waals surface area contributed by atoms with Crippen molar-refractivity contribution in [2.24, 2.45) is 0 Å². The lowest BCUT2D eigenvalue weighted by molar-refractivity contribution is 1.82. The largest absolute Gasteiger partial charge is 0.0906 e. The topological polar surface area (TPSA) is 0 Å². The zero-order valence-electron chi connectivity index (χ0n) is 4.52. The molecular formula is C7H7Br. The van der Waals surface area contributed by atoms with Gasteiger partial charge in [-0.05, 0) is 12.2 Å². The molecule has 0 rings (SSSR count). The zero-order valence-corrected chi connectivity index (χ0v) is 6.11. The first-order valence-electron chi connectivity index (χ1n) is 2.24. The number of allylic oxidation sites excluding steroid dienone is 3. The normalized spacial score (nSPS) is 8.12. The smallest absolute Gasteiger partial charge is 0.0221 e. The third-order valence-electron chi connectivity index (χ3n) is 0.476. The van der Waals surface area contributed by atoms with Crippen LogP contribution >= 0.6 is 15.9 Å². The van der Waals surface area contributed by atoms with E-state index in [1.54, 1.807) is 12.2 Å². The molecular weight excluding hydrogens is 164 g/mol. The van der Waals surface area contributed by atoms with E-state index >= 15 is 0 Å². The molecule has 0 unspecified atom stereocenters. The minimum Gasteiger partial charge on any atom is -0.0906 e. The van der Waals surface area contributed by atoms with E-state index < -0.39 is 0 Å². The average Bonchev–Trinajstić information content (AvgIpc) is 1.81. The van der Waals surface area contributed by atoms with Crippen LogP contribution in [0.1, 0.15) is 0 Å². The lowest BCUT2D eigenvalue weighted by atomic mass is 10.5. The van der Waals surface area contributed by atoms with Crippen LogP contribution in [-0.2, 0) is 0 Å². The summed E-state index contributed by atoms with van der Waals surface area (Å²) in [5.41, 5.74) is 0. The molecule has 0 fully saturated rings. The van der Waals surface area contributed by atoms with Crippen LogP contribution < -0.4 is 0 Å². The third kappa shape index (κ3) is 5.52. The zero-order chi connectivity index (χ0) is 6.24. The van der Waals surface area contributed by atoms with E-state index in [-0.39, 0.29) is 0 Å². The molecule has 0 aliphatic heterocycles. The first kappa shape index (κ1) is 7.52. The quantitative estimate of drug-likeness (QED) is 0.418. The second-order valence-corrected chi connectivity index (χ2v) is 1.70. The van der Waals surface area contributed by atoms with Crippen LogP contribution in [0, 0.1) is 11.8 Å². The molecule has 0 spiro atoms. The predicted octanol–water partition coefficient (Wildman–Crippen LogP) is 2.13. The van der Waals surface area contributed by atoms with Gasteiger partial charge in [0.15, 0.2) is 0 Å². The molecule has 0 aromatic carbocycles. The van der Waals surface area contributed by atoms with Gasteiger partial charge in [-0.2, -0.15) is 0 Å². The Morgan fingerprint density at radius 1 is 1.50 bits per heavy atom. The Labute approximate surface area is 58.4 Å². The Morgan fingerprint density at radius 3 is 2.75 bits per heavy atom. The Bertz CT molecular complexity index is 134. The molecule has 0 saturated carbocycles. The molecule has 0 aromatic rings. The van der Waals surface area contributed by atoms with Gasteiger partial charge < -0.3 is 0 Å². The predicted molar refractivity (Wildman–Crippen MR) is 40.9 cm³/mol. The highest BCUT2D eigenvalue weighted by Gasteiger charge is 1.59. The van der Waals surface area contributed by atoms with Crippen LogP contribution in [-0.4, -0.2) is 5.33 Å².